The number of aliphatic hydroxyl groups excluding tert-OH is 2. The molecule has 0 saturated heterocycles. The zero-order chi connectivity index (χ0) is 11.3. The Bertz CT molecular complexity index is 304. The standard InChI is InChI=1S/C11H17NO3/c1-8(7-13)12-6-11(15)9-3-2-4-10(14)5-9/h2-5,8,11-15H,6-7H2,1H3. The van der Waals surface area contributed by atoms with Crippen LogP contribution < -0.4 is 5.32 Å². The predicted octanol–water partition coefficient (Wildman–Crippen LogP) is 0.396. The van der Waals surface area contributed by atoms with Gasteiger partial charge in [-0.2, -0.15) is 0 Å². The number of rotatable bonds is 5. The highest BCUT2D eigenvalue weighted by Gasteiger charge is 2.09. The minimum atomic E-state index is -0.675. The van der Waals surface area contributed by atoms with Crippen LogP contribution >= 0.6 is 0 Å². The zero-order valence-electron chi connectivity index (χ0n) is 8.72. The molecule has 1 aromatic rings. The summed E-state index contributed by atoms with van der Waals surface area (Å²) >= 11 is 0. The smallest absolute Gasteiger partial charge is 0.115 e. The lowest BCUT2D eigenvalue weighted by Gasteiger charge is -2.15. The van der Waals surface area contributed by atoms with Gasteiger partial charge < -0.3 is 20.6 Å². The third-order valence-corrected chi connectivity index (χ3v) is 2.19. The van der Waals surface area contributed by atoms with Crippen molar-refractivity contribution in [1.82, 2.24) is 5.32 Å². The molecule has 4 N–H and O–H groups in total. The van der Waals surface area contributed by atoms with Crippen molar-refractivity contribution in [3.8, 4) is 5.75 Å². The topological polar surface area (TPSA) is 72.7 Å². The van der Waals surface area contributed by atoms with E-state index in [0.717, 1.165) is 0 Å². The molecule has 4 nitrogen and oxygen atoms in total. The van der Waals surface area contributed by atoms with Gasteiger partial charge in [-0.15, -0.1) is 0 Å². The molecule has 2 unspecified atom stereocenters. The number of phenols is 1. The largest absolute Gasteiger partial charge is 0.508 e. The monoisotopic (exact) mass is 211 g/mol. The highest BCUT2D eigenvalue weighted by Crippen LogP contribution is 2.17. The lowest BCUT2D eigenvalue weighted by Crippen LogP contribution is -2.32. The Hall–Kier alpha value is -1.10. The minimum absolute atomic E-state index is 0.0345. The molecule has 4 heteroatoms. The van der Waals surface area contributed by atoms with Crippen molar-refractivity contribution in [2.24, 2.45) is 0 Å². The van der Waals surface area contributed by atoms with Gasteiger partial charge in [0.15, 0.2) is 0 Å². The molecular formula is C11H17NO3. The number of benzene rings is 1. The van der Waals surface area contributed by atoms with Gasteiger partial charge in [-0.05, 0) is 24.6 Å². The van der Waals surface area contributed by atoms with Crippen LogP contribution in [-0.4, -0.2) is 34.5 Å². The molecule has 0 saturated carbocycles. The Morgan fingerprint density at radius 2 is 2.13 bits per heavy atom. The van der Waals surface area contributed by atoms with E-state index in [0.29, 0.717) is 12.1 Å². The van der Waals surface area contributed by atoms with Gasteiger partial charge in [0.1, 0.15) is 5.75 Å². The second-order valence-electron chi connectivity index (χ2n) is 3.60. The van der Waals surface area contributed by atoms with E-state index in [1.165, 1.54) is 6.07 Å². The molecule has 0 aliphatic rings. The van der Waals surface area contributed by atoms with Gasteiger partial charge >= 0.3 is 0 Å². The molecule has 0 aliphatic carbocycles. The predicted molar refractivity (Wildman–Crippen MR) is 57.6 cm³/mol. The third kappa shape index (κ3) is 3.87. The fourth-order valence-corrected chi connectivity index (χ4v) is 1.23. The molecule has 0 aliphatic heterocycles. The fourth-order valence-electron chi connectivity index (χ4n) is 1.23. The van der Waals surface area contributed by atoms with Gasteiger partial charge in [-0.1, -0.05) is 12.1 Å². The summed E-state index contributed by atoms with van der Waals surface area (Å²) in [5.41, 5.74) is 0.660. The molecule has 0 fully saturated rings. The van der Waals surface area contributed by atoms with Crippen molar-refractivity contribution in [2.75, 3.05) is 13.2 Å². The fraction of sp³-hybridized carbons (Fsp3) is 0.455. The second-order valence-corrected chi connectivity index (χ2v) is 3.60. The maximum atomic E-state index is 9.73. The van der Waals surface area contributed by atoms with Crippen LogP contribution in [0.1, 0.15) is 18.6 Å². The summed E-state index contributed by atoms with van der Waals surface area (Å²) in [5, 5.41) is 30.7. The van der Waals surface area contributed by atoms with Crippen LogP contribution in [0, 0.1) is 0 Å². The summed E-state index contributed by atoms with van der Waals surface area (Å²) in [6, 6.07) is 6.46. The second kappa shape index (κ2) is 5.70. The van der Waals surface area contributed by atoms with Gasteiger partial charge in [-0.25, -0.2) is 0 Å². The van der Waals surface area contributed by atoms with E-state index in [9.17, 15) is 10.2 Å². The van der Waals surface area contributed by atoms with Crippen LogP contribution in [0.3, 0.4) is 0 Å². The van der Waals surface area contributed by atoms with E-state index in [1.54, 1.807) is 18.2 Å². The molecule has 15 heavy (non-hydrogen) atoms. The Kier molecular flexibility index (Phi) is 4.55. The minimum Gasteiger partial charge on any atom is -0.508 e. The Morgan fingerprint density at radius 3 is 2.73 bits per heavy atom. The van der Waals surface area contributed by atoms with E-state index >= 15 is 0 Å². The first-order valence-electron chi connectivity index (χ1n) is 4.94. The molecule has 0 aromatic heterocycles. The Labute approximate surface area is 89.2 Å². The van der Waals surface area contributed by atoms with E-state index in [-0.39, 0.29) is 18.4 Å². The zero-order valence-corrected chi connectivity index (χ0v) is 8.72. The lowest BCUT2D eigenvalue weighted by molar-refractivity contribution is 0.161. The third-order valence-electron chi connectivity index (χ3n) is 2.19. The molecule has 0 heterocycles. The maximum Gasteiger partial charge on any atom is 0.115 e. The van der Waals surface area contributed by atoms with Gasteiger partial charge in [0.05, 0.1) is 12.7 Å². The number of aromatic hydroxyl groups is 1. The Morgan fingerprint density at radius 1 is 1.40 bits per heavy atom. The molecule has 0 amide bonds. The summed E-state index contributed by atoms with van der Waals surface area (Å²) in [6.07, 6.45) is -0.675. The normalized spacial score (nSPS) is 14.9. The van der Waals surface area contributed by atoms with Gasteiger partial charge in [0, 0.05) is 12.6 Å². The highest BCUT2D eigenvalue weighted by molar-refractivity contribution is 5.28. The van der Waals surface area contributed by atoms with Crippen LogP contribution in [0.15, 0.2) is 24.3 Å². The summed E-state index contributed by atoms with van der Waals surface area (Å²) in [5.74, 6) is 0.141. The van der Waals surface area contributed by atoms with Gasteiger partial charge in [-0.3, -0.25) is 0 Å². The average molecular weight is 211 g/mol. The van der Waals surface area contributed by atoms with Crippen molar-refractivity contribution in [3.63, 3.8) is 0 Å². The SMILES string of the molecule is CC(CO)NCC(O)c1cccc(O)c1. The average Bonchev–Trinajstić information content (AvgIpc) is 2.25. The number of hydrogen-bond donors (Lipinski definition) is 4. The quantitative estimate of drug-likeness (QED) is 0.568. The number of phenolic OH excluding ortho intramolecular Hbond substituents is 1. The van der Waals surface area contributed by atoms with Crippen LogP contribution in [0.2, 0.25) is 0 Å². The first-order valence-corrected chi connectivity index (χ1v) is 4.94. The van der Waals surface area contributed by atoms with E-state index in [2.05, 4.69) is 5.32 Å². The van der Waals surface area contributed by atoms with Crippen molar-refractivity contribution < 1.29 is 15.3 Å². The highest BCUT2D eigenvalue weighted by atomic mass is 16.3. The molecule has 1 aromatic carbocycles. The van der Waals surface area contributed by atoms with E-state index in [1.807, 2.05) is 6.92 Å². The van der Waals surface area contributed by atoms with E-state index < -0.39 is 6.10 Å². The number of hydrogen-bond acceptors (Lipinski definition) is 4. The van der Waals surface area contributed by atoms with Crippen molar-refractivity contribution in [1.29, 1.82) is 0 Å². The summed E-state index contributed by atoms with van der Waals surface area (Å²) in [4.78, 5) is 0. The molecule has 0 spiro atoms. The lowest BCUT2D eigenvalue weighted by atomic mass is 10.1. The number of aliphatic hydroxyl groups is 2. The maximum absolute atomic E-state index is 9.73. The molecule has 1 rings (SSSR count). The molecule has 84 valence electrons. The van der Waals surface area contributed by atoms with Crippen LogP contribution in [-0.2, 0) is 0 Å². The van der Waals surface area contributed by atoms with Crippen molar-refractivity contribution in [2.45, 2.75) is 19.1 Å². The molecule has 2 atom stereocenters. The van der Waals surface area contributed by atoms with Crippen LogP contribution in [0.25, 0.3) is 0 Å². The van der Waals surface area contributed by atoms with Gasteiger partial charge in [0.25, 0.3) is 0 Å². The first kappa shape index (κ1) is 12.0. The molecular weight excluding hydrogens is 194 g/mol. The summed E-state index contributed by atoms with van der Waals surface area (Å²) < 4.78 is 0. The number of nitrogens with one attached hydrogen (secondary N) is 1. The first-order chi connectivity index (χ1) is 7.13. The van der Waals surface area contributed by atoms with E-state index in [4.69, 9.17) is 5.11 Å². The van der Waals surface area contributed by atoms with Crippen LogP contribution in [0.4, 0.5) is 0 Å². The van der Waals surface area contributed by atoms with Crippen molar-refractivity contribution >= 4 is 0 Å². The van der Waals surface area contributed by atoms with Crippen LogP contribution in [0.5, 0.6) is 5.75 Å². The molecule has 0 bridgehead atoms. The van der Waals surface area contributed by atoms with Crippen molar-refractivity contribution in [3.05, 3.63) is 29.8 Å². The molecule has 0 radical (unpaired) electrons. The summed E-state index contributed by atoms with van der Waals surface area (Å²) in [7, 11) is 0. The Balaban J connectivity index is 2.50. The van der Waals surface area contributed by atoms with Gasteiger partial charge in [0.2, 0.25) is 0 Å². The summed E-state index contributed by atoms with van der Waals surface area (Å²) in [6.45, 7) is 2.22.